The van der Waals surface area contributed by atoms with Crippen molar-refractivity contribution in [2.75, 3.05) is 0 Å². The van der Waals surface area contributed by atoms with Crippen LogP contribution in [0.15, 0.2) is 12.4 Å². The van der Waals surface area contributed by atoms with Crippen LogP contribution < -0.4 is 11.3 Å². The summed E-state index contributed by atoms with van der Waals surface area (Å²) in [6, 6.07) is 0.281. The second-order valence-electron chi connectivity index (χ2n) is 4.44. The van der Waals surface area contributed by atoms with Gasteiger partial charge in [-0.2, -0.15) is 5.10 Å². The SMILES string of the molecule is CCCn1cc(C(CC2CC2)NN)cn1. The third-order valence-electron chi connectivity index (χ3n) is 2.98. The predicted octanol–water partition coefficient (Wildman–Crippen LogP) is 1.60. The zero-order valence-corrected chi connectivity index (χ0v) is 9.32. The molecule has 4 heteroatoms. The second-order valence-corrected chi connectivity index (χ2v) is 4.44. The van der Waals surface area contributed by atoms with Crippen molar-refractivity contribution in [1.82, 2.24) is 15.2 Å². The van der Waals surface area contributed by atoms with Gasteiger partial charge in [0, 0.05) is 24.3 Å². The molecule has 1 aromatic rings. The lowest BCUT2D eigenvalue weighted by Crippen LogP contribution is -2.28. The van der Waals surface area contributed by atoms with Gasteiger partial charge in [-0.25, -0.2) is 0 Å². The van der Waals surface area contributed by atoms with Crippen molar-refractivity contribution in [3.63, 3.8) is 0 Å². The van der Waals surface area contributed by atoms with Crippen molar-refractivity contribution in [1.29, 1.82) is 0 Å². The maximum absolute atomic E-state index is 5.58. The Balaban J connectivity index is 1.97. The molecule has 1 heterocycles. The molecule has 0 bridgehead atoms. The van der Waals surface area contributed by atoms with E-state index in [0.717, 1.165) is 25.3 Å². The van der Waals surface area contributed by atoms with Crippen LogP contribution in [0.2, 0.25) is 0 Å². The Bertz CT molecular complexity index is 303. The minimum absolute atomic E-state index is 0.281. The minimum Gasteiger partial charge on any atom is -0.272 e. The molecule has 1 aliphatic carbocycles. The normalized spacial score (nSPS) is 18.0. The number of nitrogens with zero attached hydrogens (tertiary/aromatic N) is 2. The topological polar surface area (TPSA) is 55.9 Å². The van der Waals surface area contributed by atoms with Gasteiger partial charge >= 0.3 is 0 Å². The number of nitrogens with two attached hydrogens (primary N) is 1. The van der Waals surface area contributed by atoms with Crippen molar-refractivity contribution in [3.8, 4) is 0 Å². The molecule has 1 fully saturated rings. The van der Waals surface area contributed by atoms with Gasteiger partial charge in [0.1, 0.15) is 0 Å². The van der Waals surface area contributed by atoms with Gasteiger partial charge in [-0.3, -0.25) is 16.0 Å². The van der Waals surface area contributed by atoms with Crippen molar-refractivity contribution in [2.24, 2.45) is 11.8 Å². The number of aromatic nitrogens is 2. The fraction of sp³-hybridized carbons (Fsp3) is 0.727. The Morgan fingerprint density at radius 2 is 2.47 bits per heavy atom. The number of hydrogen-bond acceptors (Lipinski definition) is 3. The molecule has 0 aliphatic heterocycles. The summed E-state index contributed by atoms with van der Waals surface area (Å²) in [5, 5.41) is 4.32. The highest BCUT2D eigenvalue weighted by Gasteiger charge is 2.26. The molecule has 4 nitrogen and oxygen atoms in total. The highest BCUT2D eigenvalue weighted by Crippen LogP contribution is 2.37. The molecule has 1 unspecified atom stereocenters. The van der Waals surface area contributed by atoms with Gasteiger partial charge in [0.05, 0.1) is 6.20 Å². The van der Waals surface area contributed by atoms with Crippen LogP contribution >= 0.6 is 0 Å². The molecule has 15 heavy (non-hydrogen) atoms. The largest absolute Gasteiger partial charge is 0.272 e. The van der Waals surface area contributed by atoms with Gasteiger partial charge in [-0.05, 0) is 18.8 Å². The third-order valence-corrected chi connectivity index (χ3v) is 2.98. The van der Waals surface area contributed by atoms with E-state index < -0.39 is 0 Å². The fourth-order valence-electron chi connectivity index (χ4n) is 1.90. The summed E-state index contributed by atoms with van der Waals surface area (Å²) in [6.45, 7) is 3.14. The molecule has 0 aromatic carbocycles. The van der Waals surface area contributed by atoms with Crippen LogP contribution in [0.1, 0.15) is 44.2 Å². The summed E-state index contributed by atoms with van der Waals surface area (Å²) in [4.78, 5) is 0. The van der Waals surface area contributed by atoms with E-state index in [1.807, 2.05) is 10.9 Å². The van der Waals surface area contributed by atoms with E-state index >= 15 is 0 Å². The molecule has 1 atom stereocenters. The summed E-state index contributed by atoms with van der Waals surface area (Å²) in [7, 11) is 0. The number of rotatable bonds is 6. The van der Waals surface area contributed by atoms with Gasteiger partial charge < -0.3 is 0 Å². The molecule has 0 amide bonds. The summed E-state index contributed by atoms with van der Waals surface area (Å²) < 4.78 is 1.99. The molecule has 2 rings (SSSR count). The number of hydrogen-bond donors (Lipinski definition) is 2. The molecule has 3 N–H and O–H groups in total. The van der Waals surface area contributed by atoms with E-state index in [1.165, 1.54) is 18.4 Å². The standard InChI is InChI=1S/C11H20N4/c1-2-5-15-8-10(7-13-15)11(14-12)6-9-3-4-9/h7-9,11,14H,2-6,12H2,1H3. The lowest BCUT2D eigenvalue weighted by Gasteiger charge is -2.12. The zero-order chi connectivity index (χ0) is 10.7. The van der Waals surface area contributed by atoms with Crippen molar-refractivity contribution >= 4 is 0 Å². The molecule has 1 saturated carbocycles. The zero-order valence-electron chi connectivity index (χ0n) is 9.32. The predicted molar refractivity (Wildman–Crippen MR) is 59.9 cm³/mol. The summed E-state index contributed by atoms with van der Waals surface area (Å²) in [5.74, 6) is 6.45. The Kier molecular flexibility index (Phi) is 3.38. The Morgan fingerprint density at radius 1 is 1.67 bits per heavy atom. The van der Waals surface area contributed by atoms with Crippen LogP contribution in [0, 0.1) is 5.92 Å². The number of hydrazine groups is 1. The Morgan fingerprint density at radius 3 is 3.07 bits per heavy atom. The molecule has 1 aromatic heterocycles. The van der Waals surface area contributed by atoms with Gasteiger partial charge in [0.25, 0.3) is 0 Å². The first kappa shape index (κ1) is 10.6. The molecule has 0 spiro atoms. The van der Waals surface area contributed by atoms with Gasteiger partial charge in [0.2, 0.25) is 0 Å². The van der Waals surface area contributed by atoms with E-state index in [0.29, 0.717) is 0 Å². The van der Waals surface area contributed by atoms with E-state index in [-0.39, 0.29) is 6.04 Å². The van der Waals surface area contributed by atoms with Crippen LogP contribution in [-0.4, -0.2) is 9.78 Å². The third kappa shape index (κ3) is 2.79. The van der Waals surface area contributed by atoms with Crippen molar-refractivity contribution in [2.45, 2.75) is 45.2 Å². The summed E-state index contributed by atoms with van der Waals surface area (Å²) in [5.41, 5.74) is 4.11. The first-order chi connectivity index (χ1) is 7.33. The average Bonchev–Trinajstić information content (AvgIpc) is 2.95. The van der Waals surface area contributed by atoms with Crippen LogP contribution in [-0.2, 0) is 6.54 Å². The highest BCUT2D eigenvalue weighted by molar-refractivity contribution is 5.10. The van der Waals surface area contributed by atoms with Crippen LogP contribution in [0.25, 0.3) is 0 Å². The van der Waals surface area contributed by atoms with Crippen molar-refractivity contribution < 1.29 is 0 Å². The summed E-state index contributed by atoms with van der Waals surface area (Å²) in [6.07, 6.45) is 9.03. The molecule has 1 aliphatic rings. The van der Waals surface area contributed by atoms with E-state index in [4.69, 9.17) is 5.84 Å². The highest BCUT2D eigenvalue weighted by atomic mass is 15.3. The van der Waals surface area contributed by atoms with Gasteiger partial charge in [-0.15, -0.1) is 0 Å². The molecule has 0 radical (unpaired) electrons. The second kappa shape index (κ2) is 4.77. The quantitative estimate of drug-likeness (QED) is 0.551. The monoisotopic (exact) mass is 208 g/mol. The average molecular weight is 208 g/mol. The van der Waals surface area contributed by atoms with Gasteiger partial charge in [0.15, 0.2) is 0 Å². The van der Waals surface area contributed by atoms with E-state index in [1.54, 1.807) is 0 Å². The maximum Gasteiger partial charge on any atom is 0.0538 e. The molecular weight excluding hydrogens is 188 g/mol. The molecular formula is C11H20N4. The first-order valence-electron chi connectivity index (χ1n) is 5.82. The van der Waals surface area contributed by atoms with E-state index in [2.05, 4.69) is 23.6 Å². The van der Waals surface area contributed by atoms with Crippen molar-refractivity contribution in [3.05, 3.63) is 18.0 Å². The lowest BCUT2D eigenvalue weighted by atomic mass is 10.1. The maximum atomic E-state index is 5.58. The van der Waals surface area contributed by atoms with Crippen LogP contribution in [0.3, 0.4) is 0 Å². The Hall–Kier alpha value is -0.870. The molecule has 84 valence electrons. The Labute approximate surface area is 90.8 Å². The van der Waals surface area contributed by atoms with E-state index in [9.17, 15) is 0 Å². The van der Waals surface area contributed by atoms with Crippen LogP contribution in [0.5, 0.6) is 0 Å². The molecule has 0 saturated heterocycles. The van der Waals surface area contributed by atoms with Gasteiger partial charge in [-0.1, -0.05) is 19.8 Å². The smallest absolute Gasteiger partial charge is 0.0538 e. The van der Waals surface area contributed by atoms with Crippen LogP contribution in [0.4, 0.5) is 0 Å². The minimum atomic E-state index is 0.281. The lowest BCUT2D eigenvalue weighted by molar-refractivity contribution is 0.486. The fourth-order valence-corrected chi connectivity index (χ4v) is 1.90. The number of aryl methyl sites for hydroxylation is 1. The number of nitrogens with one attached hydrogen (secondary N) is 1. The summed E-state index contributed by atoms with van der Waals surface area (Å²) >= 11 is 0. The first-order valence-corrected chi connectivity index (χ1v) is 5.82.